The van der Waals surface area contributed by atoms with Crippen LogP contribution >= 0.6 is 0 Å². The quantitative estimate of drug-likeness (QED) is 0.870. The van der Waals surface area contributed by atoms with Crippen molar-refractivity contribution in [2.24, 2.45) is 11.7 Å². The normalized spacial score (nSPS) is 22.5. The van der Waals surface area contributed by atoms with Crippen molar-refractivity contribution in [1.29, 1.82) is 0 Å². The molecule has 18 heavy (non-hydrogen) atoms. The standard InChI is InChI=1S/C15H22N2O/c1-9-5-10(2)14(11(3)6-9)17(4)15(18)12-7-13(16)8-12/h5-6,12-13H,7-8,16H2,1-4H3. The number of carbonyl (C=O) groups excluding carboxylic acids is 1. The summed E-state index contributed by atoms with van der Waals surface area (Å²) in [5, 5.41) is 0. The van der Waals surface area contributed by atoms with E-state index < -0.39 is 0 Å². The van der Waals surface area contributed by atoms with E-state index in [1.54, 1.807) is 4.90 Å². The molecule has 0 saturated heterocycles. The molecule has 0 spiro atoms. The van der Waals surface area contributed by atoms with E-state index in [1.807, 2.05) is 7.05 Å². The van der Waals surface area contributed by atoms with Crippen LogP contribution in [0.4, 0.5) is 5.69 Å². The SMILES string of the molecule is Cc1cc(C)c(N(C)C(=O)C2CC(N)C2)c(C)c1. The number of hydrogen-bond donors (Lipinski definition) is 1. The Bertz CT molecular complexity index is 452. The summed E-state index contributed by atoms with van der Waals surface area (Å²) in [5.41, 5.74) is 10.4. The molecule has 1 aromatic rings. The molecule has 1 aliphatic carbocycles. The molecule has 0 aliphatic heterocycles. The van der Waals surface area contributed by atoms with Gasteiger partial charge < -0.3 is 10.6 Å². The van der Waals surface area contributed by atoms with Crippen molar-refractivity contribution >= 4 is 11.6 Å². The highest BCUT2D eigenvalue weighted by atomic mass is 16.2. The van der Waals surface area contributed by atoms with Gasteiger partial charge in [-0.1, -0.05) is 17.7 Å². The maximum atomic E-state index is 12.3. The van der Waals surface area contributed by atoms with E-state index in [0.717, 1.165) is 29.7 Å². The first kappa shape index (κ1) is 13.1. The van der Waals surface area contributed by atoms with Gasteiger partial charge in [0.1, 0.15) is 0 Å². The monoisotopic (exact) mass is 246 g/mol. The average molecular weight is 246 g/mol. The molecular weight excluding hydrogens is 224 g/mol. The summed E-state index contributed by atoms with van der Waals surface area (Å²) >= 11 is 0. The number of carbonyl (C=O) groups is 1. The Morgan fingerprint density at radius 3 is 2.17 bits per heavy atom. The van der Waals surface area contributed by atoms with Gasteiger partial charge in [-0.2, -0.15) is 0 Å². The minimum Gasteiger partial charge on any atom is -0.328 e. The van der Waals surface area contributed by atoms with E-state index in [4.69, 9.17) is 5.73 Å². The van der Waals surface area contributed by atoms with Crippen LogP contribution in [0.5, 0.6) is 0 Å². The number of benzene rings is 1. The van der Waals surface area contributed by atoms with Crippen LogP contribution in [0.3, 0.4) is 0 Å². The molecule has 0 atom stereocenters. The molecule has 3 nitrogen and oxygen atoms in total. The third-order valence-corrected chi connectivity index (χ3v) is 3.83. The van der Waals surface area contributed by atoms with E-state index in [2.05, 4.69) is 32.9 Å². The molecule has 98 valence electrons. The van der Waals surface area contributed by atoms with Crippen molar-refractivity contribution in [3.63, 3.8) is 0 Å². The molecule has 0 aromatic heterocycles. The van der Waals surface area contributed by atoms with Crippen LogP contribution in [0.25, 0.3) is 0 Å². The van der Waals surface area contributed by atoms with Crippen molar-refractivity contribution in [2.75, 3.05) is 11.9 Å². The largest absolute Gasteiger partial charge is 0.328 e. The number of amides is 1. The third kappa shape index (κ3) is 2.27. The van der Waals surface area contributed by atoms with Crippen LogP contribution in [0.15, 0.2) is 12.1 Å². The molecule has 3 heteroatoms. The highest BCUT2D eigenvalue weighted by molar-refractivity contribution is 5.96. The van der Waals surface area contributed by atoms with Gasteiger partial charge in [0, 0.05) is 24.7 Å². The molecule has 1 aromatic carbocycles. The molecule has 0 radical (unpaired) electrons. The molecule has 1 saturated carbocycles. The molecule has 1 aliphatic rings. The summed E-state index contributed by atoms with van der Waals surface area (Å²) in [6.07, 6.45) is 1.65. The summed E-state index contributed by atoms with van der Waals surface area (Å²) in [4.78, 5) is 14.1. The van der Waals surface area contributed by atoms with Crippen LogP contribution in [0.2, 0.25) is 0 Å². The lowest BCUT2D eigenvalue weighted by molar-refractivity contribution is -0.124. The Balaban J connectivity index is 2.23. The minimum atomic E-state index is 0.116. The number of aryl methyl sites for hydroxylation is 3. The van der Waals surface area contributed by atoms with Crippen LogP contribution in [-0.4, -0.2) is 19.0 Å². The summed E-state index contributed by atoms with van der Waals surface area (Å²) in [7, 11) is 1.87. The molecule has 2 N–H and O–H groups in total. The number of hydrogen-bond acceptors (Lipinski definition) is 2. The second kappa shape index (κ2) is 4.73. The first-order valence-electron chi connectivity index (χ1n) is 6.51. The molecular formula is C15H22N2O. The minimum absolute atomic E-state index is 0.116. The molecule has 1 fully saturated rings. The molecule has 0 heterocycles. The zero-order valence-electron chi connectivity index (χ0n) is 11.7. The highest BCUT2D eigenvalue weighted by Gasteiger charge is 2.34. The maximum Gasteiger partial charge on any atom is 0.229 e. The first-order chi connectivity index (χ1) is 8.40. The third-order valence-electron chi connectivity index (χ3n) is 3.83. The molecule has 2 rings (SSSR count). The number of nitrogens with zero attached hydrogens (tertiary/aromatic N) is 1. The van der Waals surface area contributed by atoms with Gasteiger partial charge in [-0.25, -0.2) is 0 Å². The maximum absolute atomic E-state index is 12.3. The van der Waals surface area contributed by atoms with Crippen molar-refractivity contribution in [1.82, 2.24) is 0 Å². The number of anilines is 1. The lowest BCUT2D eigenvalue weighted by Crippen LogP contribution is -2.46. The van der Waals surface area contributed by atoms with E-state index in [0.29, 0.717) is 0 Å². The topological polar surface area (TPSA) is 46.3 Å². The Hall–Kier alpha value is -1.35. The van der Waals surface area contributed by atoms with E-state index in [9.17, 15) is 4.79 Å². The zero-order chi connectivity index (χ0) is 13.4. The highest BCUT2D eigenvalue weighted by Crippen LogP contribution is 2.31. The average Bonchev–Trinajstić information content (AvgIpc) is 2.22. The Morgan fingerprint density at radius 1 is 1.22 bits per heavy atom. The fourth-order valence-electron chi connectivity index (χ4n) is 2.95. The van der Waals surface area contributed by atoms with Crippen LogP contribution in [-0.2, 0) is 4.79 Å². The van der Waals surface area contributed by atoms with Gasteiger partial charge >= 0.3 is 0 Å². The van der Waals surface area contributed by atoms with Gasteiger partial charge in [-0.15, -0.1) is 0 Å². The summed E-state index contributed by atoms with van der Waals surface area (Å²) in [6, 6.07) is 4.46. The van der Waals surface area contributed by atoms with E-state index in [-0.39, 0.29) is 17.9 Å². The summed E-state index contributed by atoms with van der Waals surface area (Å²) in [5.74, 6) is 0.317. The summed E-state index contributed by atoms with van der Waals surface area (Å²) in [6.45, 7) is 6.20. The van der Waals surface area contributed by atoms with Crippen LogP contribution in [0, 0.1) is 26.7 Å². The molecule has 0 bridgehead atoms. The van der Waals surface area contributed by atoms with Crippen LogP contribution in [0.1, 0.15) is 29.5 Å². The van der Waals surface area contributed by atoms with Crippen molar-refractivity contribution < 1.29 is 4.79 Å². The number of nitrogens with two attached hydrogens (primary N) is 1. The van der Waals surface area contributed by atoms with Gasteiger partial charge in [0.25, 0.3) is 0 Å². The smallest absolute Gasteiger partial charge is 0.229 e. The Morgan fingerprint density at radius 2 is 1.72 bits per heavy atom. The predicted octanol–water partition coefficient (Wildman–Crippen LogP) is 2.31. The summed E-state index contributed by atoms with van der Waals surface area (Å²) < 4.78 is 0. The lowest BCUT2D eigenvalue weighted by Gasteiger charge is -2.35. The van der Waals surface area contributed by atoms with Gasteiger partial charge in [0.15, 0.2) is 0 Å². The van der Waals surface area contributed by atoms with Gasteiger partial charge in [0.2, 0.25) is 5.91 Å². The van der Waals surface area contributed by atoms with Crippen molar-refractivity contribution in [3.05, 3.63) is 28.8 Å². The first-order valence-corrected chi connectivity index (χ1v) is 6.51. The Kier molecular flexibility index (Phi) is 3.44. The molecule has 0 unspecified atom stereocenters. The fourth-order valence-corrected chi connectivity index (χ4v) is 2.95. The number of rotatable bonds is 2. The van der Waals surface area contributed by atoms with Gasteiger partial charge in [0.05, 0.1) is 0 Å². The second-order valence-corrected chi connectivity index (χ2v) is 5.57. The van der Waals surface area contributed by atoms with Crippen molar-refractivity contribution in [2.45, 2.75) is 39.7 Å². The predicted molar refractivity (Wildman–Crippen MR) is 74.8 cm³/mol. The van der Waals surface area contributed by atoms with Crippen LogP contribution < -0.4 is 10.6 Å². The fraction of sp³-hybridized carbons (Fsp3) is 0.533. The van der Waals surface area contributed by atoms with Gasteiger partial charge in [-0.3, -0.25) is 4.79 Å². The lowest BCUT2D eigenvalue weighted by atomic mass is 9.80. The Labute approximate surface area is 109 Å². The zero-order valence-corrected chi connectivity index (χ0v) is 11.7. The van der Waals surface area contributed by atoms with Crippen molar-refractivity contribution in [3.8, 4) is 0 Å². The van der Waals surface area contributed by atoms with E-state index >= 15 is 0 Å². The van der Waals surface area contributed by atoms with Gasteiger partial charge in [-0.05, 0) is 44.7 Å². The second-order valence-electron chi connectivity index (χ2n) is 5.57. The molecule has 1 amide bonds. The van der Waals surface area contributed by atoms with E-state index in [1.165, 1.54) is 5.56 Å².